The molecule has 1 fully saturated rings. The Kier molecular flexibility index (Phi) is 8.09. The summed E-state index contributed by atoms with van der Waals surface area (Å²) in [5.41, 5.74) is 19.5. The fourth-order valence-corrected chi connectivity index (χ4v) is 3.88. The number of aliphatic hydroxyl groups excluding tert-OH is 1. The van der Waals surface area contributed by atoms with Gasteiger partial charge in [0.1, 0.15) is 17.4 Å². The Morgan fingerprint density at radius 1 is 1.14 bits per heavy atom. The molecule has 10 nitrogen and oxygen atoms in total. The van der Waals surface area contributed by atoms with Gasteiger partial charge in [-0.1, -0.05) is 31.2 Å². The highest BCUT2D eigenvalue weighted by molar-refractivity contribution is 6.05. The van der Waals surface area contributed by atoms with Crippen molar-refractivity contribution in [3.63, 3.8) is 0 Å². The average molecular weight is 493 g/mol. The Bertz CT molecular complexity index is 1170. The van der Waals surface area contributed by atoms with Gasteiger partial charge in [-0.3, -0.25) is 9.79 Å². The number of carbonyl (C=O) groups excluding carboxylic acids is 1. The van der Waals surface area contributed by atoms with Crippen LogP contribution in [-0.4, -0.2) is 44.8 Å². The van der Waals surface area contributed by atoms with Crippen LogP contribution in [0.1, 0.15) is 52.5 Å². The Hall–Kier alpha value is -3.79. The van der Waals surface area contributed by atoms with Crippen molar-refractivity contribution in [2.24, 2.45) is 27.4 Å². The zero-order valence-electron chi connectivity index (χ0n) is 21.3. The molecule has 2 aromatic rings. The van der Waals surface area contributed by atoms with E-state index in [1.165, 1.54) is 6.20 Å². The number of amides is 1. The van der Waals surface area contributed by atoms with Crippen molar-refractivity contribution >= 4 is 23.5 Å². The molecule has 1 saturated carbocycles. The summed E-state index contributed by atoms with van der Waals surface area (Å²) in [7, 11) is 0. The molecule has 0 bridgehead atoms. The molecule has 36 heavy (non-hydrogen) atoms. The van der Waals surface area contributed by atoms with E-state index in [2.05, 4.69) is 25.3 Å². The lowest BCUT2D eigenvalue weighted by Crippen LogP contribution is -2.41. The average Bonchev–Trinajstić information content (AvgIpc) is 3.72. The third-order valence-electron chi connectivity index (χ3n) is 6.44. The van der Waals surface area contributed by atoms with E-state index in [0.29, 0.717) is 12.3 Å². The van der Waals surface area contributed by atoms with E-state index >= 15 is 0 Å². The molecular formula is C26H36N8O2. The van der Waals surface area contributed by atoms with Crippen LogP contribution in [0.5, 0.6) is 0 Å². The number of nitrogens with one attached hydrogen (secondary N) is 1. The van der Waals surface area contributed by atoms with E-state index < -0.39 is 16.9 Å². The van der Waals surface area contributed by atoms with Gasteiger partial charge in [0, 0.05) is 30.6 Å². The molecule has 192 valence electrons. The number of nitrogen functional groups attached to an aromatic ring is 1. The molecule has 0 radical (unpaired) electrons. The van der Waals surface area contributed by atoms with Gasteiger partial charge in [0.2, 0.25) is 5.95 Å². The number of nitrogens with two attached hydrogens (primary N) is 3. The fraction of sp³-hybridized carbons (Fsp3) is 0.423. The molecule has 1 aromatic heterocycles. The van der Waals surface area contributed by atoms with Crippen LogP contribution in [0.4, 0.5) is 5.95 Å². The van der Waals surface area contributed by atoms with Crippen LogP contribution in [0.25, 0.3) is 11.1 Å². The number of benzene rings is 1. The van der Waals surface area contributed by atoms with Gasteiger partial charge < -0.3 is 27.6 Å². The van der Waals surface area contributed by atoms with Gasteiger partial charge in [0.15, 0.2) is 0 Å². The number of rotatable bonds is 9. The smallest absolute Gasteiger partial charge is 0.296 e. The Morgan fingerprint density at radius 2 is 1.75 bits per heavy atom. The standard InChI is InChI=1S/C26H36N8O2/c1-5-21(34-25(2,3)15-35)30-14-20(27)22(36)33-23(28)26(4,19-10-11-19)18-8-6-16(7-9-18)17-12-31-24(29)32-13-17/h6-9,12-14,19,35H,5,10-11,15,27H2,1-4H3,(H,30,34)(H2,28,33,36)(H2,29,31,32)/b20-14-. The topological polar surface area (TPSA) is 178 Å². The first-order valence-electron chi connectivity index (χ1n) is 12.0. The maximum atomic E-state index is 12.8. The van der Waals surface area contributed by atoms with Crippen LogP contribution >= 0.6 is 0 Å². The van der Waals surface area contributed by atoms with Gasteiger partial charge in [0.25, 0.3) is 5.91 Å². The third-order valence-corrected chi connectivity index (χ3v) is 6.44. The quantitative estimate of drug-likeness (QED) is 0.201. The van der Waals surface area contributed by atoms with Crippen LogP contribution in [-0.2, 0) is 10.2 Å². The maximum absolute atomic E-state index is 12.8. The number of anilines is 1. The van der Waals surface area contributed by atoms with Crippen LogP contribution in [0, 0.1) is 5.92 Å². The molecule has 1 heterocycles. The molecular weight excluding hydrogens is 456 g/mol. The summed E-state index contributed by atoms with van der Waals surface area (Å²) in [5.74, 6) is 0.694. The molecule has 3 rings (SSSR count). The zero-order valence-corrected chi connectivity index (χ0v) is 21.3. The summed E-state index contributed by atoms with van der Waals surface area (Å²) >= 11 is 0. The van der Waals surface area contributed by atoms with E-state index in [-0.39, 0.29) is 30.0 Å². The molecule has 0 aliphatic heterocycles. The predicted molar refractivity (Wildman–Crippen MR) is 143 cm³/mol. The number of aliphatic hydroxyl groups is 1. The lowest BCUT2D eigenvalue weighted by atomic mass is 9.76. The minimum absolute atomic E-state index is 0.0854. The highest BCUT2D eigenvalue weighted by Gasteiger charge is 2.46. The van der Waals surface area contributed by atoms with E-state index in [1.54, 1.807) is 12.4 Å². The number of aromatic nitrogens is 2. The molecule has 8 N–H and O–H groups in total. The molecule has 1 atom stereocenters. The fourth-order valence-electron chi connectivity index (χ4n) is 3.88. The molecule has 1 aromatic carbocycles. The second-order valence-electron chi connectivity index (χ2n) is 9.81. The number of hydrogen-bond acceptors (Lipinski definition) is 7. The summed E-state index contributed by atoms with van der Waals surface area (Å²) < 4.78 is 0. The normalized spacial score (nSPS) is 17.0. The van der Waals surface area contributed by atoms with Gasteiger partial charge in [-0.2, -0.15) is 4.99 Å². The first-order chi connectivity index (χ1) is 17.0. The molecule has 0 spiro atoms. The maximum Gasteiger partial charge on any atom is 0.296 e. The highest BCUT2D eigenvalue weighted by Crippen LogP contribution is 2.47. The molecule has 1 amide bonds. The molecule has 1 unspecified atom stereocenters. The van der Waals surface area contributed by atoms with Crippen LogP contribution in [0.15, 0.2) is 58.5 Å². The minimum Gasteiger partial charge on any atom is -0.394 e. The van der Waals surface area contributed by atoms with Gasteiger partial charge in [-0.25, -0.2) is 9.97 Å². The first-order valence-corrected chi connectivity index (χ1v) is 12.0. The van der Waals surface area contributed by atoms with Crippen LogP contribution in [0.3, 0.4) is 0 Å². The molecule has 1 aliphatic rings. The number of hydrogen-bond donors (Lipinski definition) is 5. The minimum atomic E-state index is -0.643. The highest BCUT2D eigenvalue weighted by atomic mass is 16.3. The second kappa shape index (κ2) is 10.9. The van der Waals surface area contributed by atoms with Crippen molar-refractivity contribution in [1.29, 1.82) is 0 Å². The lowest BCUT2D eigenvalue weighted by Gasteiger charge is -2.30. The molecule has 10 heteroatoms. The number of nitrogens with zero attached hydrogens (tertiary/aromatic N) is 4. The third kappa shape index (κ3) is 6.25. The predicted octanol–water partition coefficient (Wildman–Crippen LogP) is 2.25. The summed E-state index contributed by atoms with van der Waals surface area (Å²) in [6, 6.07) is 7.92. The SMILES string of the molecule is CCC(=NC(C)(C)CO)N/C=C(\N)C(=O)N=C(N)C(C)(c1ccc(-c2cnc(N)nc2)cc1)C1CC1. The first kappa shape index (κ1) is 26.8. The zero-order chi connectivity index (χ0) is 26.5. The largest absolute Gasteiger partial charge is 0.394 e. The number of amidine groups is 2. The monoisotopic (exact) mass is 492 g/mol. The van der Waals surface area contributed by atoms with Crippen LogP contribution < -0.4 is 22.5 Å². The molecule has 0 saturated heterocycles. The number of carbonyl (C=O) groups is 1. The Morgan fingerprint density at radius 3 is 2.28 bits per heavy atom. The van der Waals surface area contributed by atoms with Gasteiger partial charge >= 0.3 is 0 Å². The van der Waals surface area contributed by atoms with E-state index in [0.717, 1.165) is 29.5 Å². The summed E-state index contributed by atoms with van der Waals surface area (Å²) in [6.07, 6.45) is 7.29. The lowest BCUT2D eigenvalue weighted by molar-refractivity contribution is -0.114. The van der Waals surface area contributed by atoms with E-state index in [1.807, 2.05) is 52.0 Å². The van der Waals surface area contributed by atoms with Gasteiger partial charge in [0.05, 0.1) is 17.6 Å². The van der Waals surface area contributed by atoms with Crippen molar-refractivity contribution < 1.29 is 9.90 Å². The Balaban J connectivity index is 1.81. The van der Waals surface area contributed by atoms with Crippen LogP contribution in [0.2, 0.25) is 0 Å². The van der Waals surface area contributed by atoms with Crippen molar-refractivity contribution in [2.45, 2.75) is 57.9 Å². The summed E-state index contributed by atoms with van der Waals surface area (Å²) in [4.78, 5) is 29.5. The van der Waals surface area contributed by atoms with Gasteiger partial charge in [-0.15, -0.1) is 0 Å². The van der Waals surface area contributed by atoms with Crippen molar-refractivity contribution in [3.05, 3.63) is 54.1 Å². The van der Waals surface area contributed by atoms with E-state index in [9.17, 15) is 9.90 Å². The number of aliphatic imine (C=N–C) groups is 2. The Labute approximate surface area is 211 Å². The van der Waals surface area contributed by atoms with E-state index in [4.69, 9.17) is 17.2 Å². The summed E-state index contributed by atoms with van der Waals surface area (Å²) in [6.45, 7) is 7.43. The molecule has 1 aliphatic carbocycles. The van der Waals surface area contributed by atoms with Crippen molar-refractivity contribution in [1.82, 2.24) is 15.3 Å². The van der Waals surface area contributed by atoms with Crippen molar-refractivity contribution in [3.8, 4) is 11.1 Å². The summed E-state index contributed by atoms with van der Waals surface area (Å²) in [5, 5.41) is 12.4. The second-order valence-corrected chi connectivity index (χ2v) is 9.81. The van der Waals surface area contributed by atoms with Crippen molar-refractivity contribution in [2.75, 3.05) is 12.3 Å². The van der Waals surface area contributed by atoms with Gasteiger partial charge in [-0.05, 0) is 50.7 Å².